The molecule has 2 aromatic carbocycles. The molecule has 3 aromatic rings. The van der Waals surface area contributed by atoms with Gasteiger partial charge in [-0.2, -0.15) is 0 Å². The molecule has 2 atom stereocenters. The Balaban J connectivity index is 1.91. The van der Waals surface area contributed by atoms with Crippen molar-refractivity contribution in [2.24, 2.45) is 0 Å². The highest BCUT2D eigenvalue weighted by molar-refractivity contribution is 5.78. The molecule has 2 unspecified atom stereocenters. The SMILES string of the molecule is CCC(C)c1ccc(Cn2c(C(C)NC(=O)COC)nc3ccccc32)cc1. The number of rotatable bonds is 8. The molecular formula is C23H29N3O2. The van der Waals surface area contributed by atoms with Gasteiger partial charge in [-0.3, -0.25) is 4.79 Å². The number of fused-ring (bicyclic) bond motifs is 1. The number of ether oxygens (including phenoxy) is 1. The summed E-state index contributed by atoms with van der Waals surface area (Å²) < 4.78 is 7.11. The van der Waals surface area contributed by atoms with E-state index in [0.29, 0.717) is 12.5 Å². The number of para-hydroxylation sites is 2. The lowest BCUT2D eigenvalue weighted by Crippen LogP contribution is -2.31. The van der Waals surface area contributed by atoms with E-state index in [2.05, 4.69) is 54.1 Å². The van der Waals surface area contributed by atoms with E-state index < -0.39 is 0 Å². The average Bonchev–Trinajstić information content (AvgIpc) is 3.07. The van der Waals surface area contributed by atoms with Crippen molar-refractivity contribution >= 4 is 16.9 Å². The van der Waals surface area contributed by atoms with Gasteiger partial charge in [-0.25, -0.2) is 4.98 Å². The van der Waals surface area contributed by atoms with E-state index in [1.54, 1.807) is 0 Å². The summed E-state index contributed by atoms with van der Waals surface area (Å²) in [6.45, 7) is 7.17. The van der Waals surface area contributed by atoms with Crippen LogP contribution >= 0.6 is 0 Å². The van der Waals surface area contributed by atoms with Crippen molar-refractivity contribution in [1.82, 2.24) is 14.9 Å². The van der Waals surface area contributed by atoms with Gasteiger partial charge in [0.05, 0.1) is 17.1 Å². The van der Waals surface area contributed by atoms with Crippen LogP contribution < -0.4 is 5.32 Å². The van der Waals surface area contributed by atoms with E-state index in [1.807, 2.05) is 25.1 Å². The summed E-state index contributed by atoms with van der Waals surface area (Å²) in [6, 6.07) is 16.7. The number of hydrogen-bond acceptors (Lipinski definition) is 3. The maximum Gasteiger partial charge on any atom is 0.246 e. The van der Waals surface area contributed by atoms with Crippen LogP contribution in [0.1, 0.15) is 56.1 Å². The zero-order valence-electron chi connectivity index (χ0n) is 17.1. The number of nitrogens with one attached hydrogen (secondary N) is 1. The zero-order chi connectivity index (χ0) is 20.1. The second-order valence-corrected chi connectivity index (χ2v) is 7.32. The summed E-state index contributed by atoms with van der Waals surface area (Å²) in [5.74, 6) is 1.26. The standard InChI is InChI=1S/C23H29N3O2/c1-5-16(2)19-12-10-18(11-13-19)14-26-21-9-7-6-8-20(21)25-23(26)17(3)24-22(27)15-28-4/h6-13,16-17H,5,14-15H2,1-4H3,(H,24,27). The van der Waals surface area contributed by atoms with Crippen LogP contribution in [0.3, 0.4) is 0 Å². The van der Waals surface area contributed by atoms with Crippen molar-refractivity contribution in [3.63, 3.8) is 0 Å². The maximum absolute atomic E-state index is 12.0. The number of aromatic nitrogens is 2. The predicted molar refractivity (Wildman–Crippen MR) is 112 cm³/mol. The van der Waals surface area contributed by atoms with E-state index in [9.17, 15) is 4.79 Å². The normalized spacial score (nSPS) is 13.4. The molecule has 0 saturated carbocycles. The molecule has 28 heavy (non-hydrogen) atoms. The minimum absolute atomic E-state index is 0.0433. The summed E-state index contributed by atoms with van der Waals surface area (Å²) in [7, 11) is 1.52. The Labute approximate surface area is 166 Å². The zero-order valence-corrected chi connectivity index (χ0v) is 17.1. The number of amides is 1. The summed E-state index contributed by atoms with van der Waals surface area (Å²) >= 11 is 0. The molecule has 3 rings (SSSR count). The lowest BCUT2D eigenvalue weighted by Gasteiger charge is -2.17. The second-order valence-electron chi connectivity index (χ2n) is 7.32. The quantitative estimate of drug-likeness (QED) is 0.630. The lowest BCUT2D eigenvalue weighted by atomic mass is 9.97. The first-order chi connectivity index (χ1) is 13.5. The summed E-state index contributed by atoms with van der Waals surface area (Å²) in [5, 5.41) is 2.97. The molecule has 1 N–H and O–H groups in total. The molecule has 0 aliphatic rings. The summed E-state index contributed by atoms with van der Waals surface area (Å²) in [4.78, 5) is 16.8. The summed E-state index contributed by atoms with van der Waals surface area (Å²) in [6.07, 6.45) is 1.13. The molecule has 148 valence electrons. The van der Waals surface area contributed by atoms with Gasteiger partial charge in [0, 0.05) is 13.7 Å². The lowest BCUT2D eigenvalue weighted by molar-refractivity contribution is -0.125. The number of carbonyl (C=O) groups excluding carboxylic acids is 1. The third kappa shape index (κ3) is 4.42. The van der Waals surface area contributed by atoms with Crippen LogP contribution in [0.4, 0.5) is 0 Å². The Morgan fingerprint density at radius 3 is 2.54 bits per heavy atom. The molecular weight excluding hydrogens is 350 g/mol. The van der Waals surface area contributed by atoms with Crippen LogP contribution in [0.2, 0.25) is 0 Å². The molecule has 0 aliphatic carbocycles. The number of carbonyl (C=O) groups is 1. The maximum atomic E-state index is 12.0. The first kappa shape index (κ1) is 20.1. The van der Waals surface area contributed by atoms with Crippen molar-refractivity contribution < 1.29 is 9.53 Å². The minimum atomic E-state index is -0.213. The Bertz CT molecular complexity index is 931. The Hall–Kier alpha value is -2.66. The number of benzene rings is 2. The van der Waals surface area contributed by atoms with Crippen LogP contribution in [-0.2, 0) is 16.1 Å². The van der Waals surface area contributed by atoms with E-state index in [1.165, 1.54) is 18.2 Å². The van der Waals surface area contributed by atoms with Crippen molar-refractivity contribution in [2.45, 2.75) is 45.7 Å². The fraction of sp³-hybridized carbons (Fsp3) is 0.391. The van der Waals surface area contributed by atoms with Gasteiger partial charge < -0.3 is 14.6 Å². The van der Waals surface area contributed by atoms with Crippen LogP contribution in [-0.4, -0.2) is 29.2 Å². The van der Waals surface area contributed by atoms with Crippen LogP contribution in [0.25, 0.3) is 11.0 Å². The molecule has 5 nitrogen and oxygen atoms in total. The Kier molecular flexibility index (Phi) is 6.47. The fourth-order valence-corrected chi connectivity index (χ4v) is 3.44. The molecule has 0 saturated heterocycles. The molecule has 1 amide bonds. The molecule has 1 aromatic heterocycles. The van der Waals surface area contributed by atoms with Gasteiger partial charge in [0.2, 0.25) is 5.91 Å². The van der Waals surface area contributed by atoms with Gasteiger partial charge in [-0.15, -0.1) is 0 Å². The number of nitrogens with zero attached hydrogens (tertiary/aromatic N) is 2. The second kappa shape index (κ2) is 9.02. The molecule has 0 fully saturated rings. The van der Waals surface area contributed by atoms with E-state index in [4.69, 9.17) is 9.72 Å². The largest absolute Gasteiger partial charge is 0.375 e. The average molecular weight is 380 g/mol. The van der Waals surface area contributed by atoms with Gasteiger partial charge in [0.25, 0.3) is 0 Å². The van der Waals surface area contributed by atoms with E-state index in [0.717, 1.165) is 23.3 Å². The van der Waals surface area contributed by atoms with Crippen LogP contribution in [0.5, 0.6) is 0 Å². The number of imidazole rings is 1. The molecule has 1 heterocycles. The topological polar surface area (TPSA) is 56.2 Å². The van der Waals surface area contributed by atoms with E-state index in [-0.39, 0.29) is 18.6 Å². The highest BCUT2D eigenvalue weighted by Gasteiger charge is 2.18. The van der Waals surface area contributed by atoms with Gasteiger partial charge in [-0.1, -0.05) is 50.2 Å². The van der Waals surface area contributed by atoms with Gasteiger partial charge in [0.1, 0.15) is 12.4 Å². The van der Waals surface area contributed by atoms with E-state index >= 15 is 0 Å². The molecule has 5 heteroatoms. The molecule has 0 spiro atoms. The van der Waals surface area contributed by atoms with Crippen molar-refractivity contribution in [3.8, 4) is 0 Å². The molecule has 0 radical (unpaired) electrons. The third-order valence-electron chi connectivity index (χ3n) is 5.23. The minimum Gasteiger partial charge on any atom is -0.375 e. The van der Waals surface area contributed by atoms with Crippen LogP contribution in [0, 0.1) is 0 Å². The third-order valence-corrected chi connectivity index (χ3v) is 5.23. The number of hydrogen-bond donors (Lipinski definition) is 1. The summed E-state index contributed by atoms with van der Waals surface area (Å²) in [5.41, 5.74) is 4.58. The van der Waals surface area contributed by atoms with Crippen molar-refractivity contribution in [2.75, 3.05) is 13.7 Å². The number of methoxy groups -OCH3 is 1. The highest BCUT2D eigenvalue weighted by atomic mass is 16.5. The van der Waals surface area contributed by atoms with Crippen molar-refractivity contribution in [1.29, 1.82) is 0 Å². The molecule has 0 bridgehead atoms. The van der Waals surface area contributed by atoms with Gasteiger partial charge in [-0.05, 0) is 42.5 Å². The smallest absolute Gasteiger partial charge is 0.246 e. The predicted octanol–water partition coefficient (Wildman–Crippen LogP) is 4.42. The monoisotopic (exact) mass is 379 g/mol. The highest BCUT2D eigenvalue weighted by Crippen LogP contribution is 2.24. The fourth-order valence-electron chi connectivity index (χ4n) is 3.44. The van der Waals surface area contributed by atoms with Crippen LogP contribution in [0.15, 0.2) is 48.5 Å². The van der Waals surface area contributed by atoms with Crippen molar-refractivity contribution in [3.05, 3.63) is 65.5 Å². The Morgan fingerprint density at radius 1 is 1.14 bits per heavy atom. The first-order valence-electron chi connectivity index (χ1n) is 9.85. The first-order valence-corrected chi connectivity index (χ1v) is 9.85. The Morgan fingerprint density at radius 2 is 1.86 bits per heavy atom. The van der Waals surface area contributed by atoms with Gasteiger partial charge >= 0.3 is 0 Å². The molecule has 0 aliphatic heterocycles. The van der Waals surface area contributed by atoms with Gasteiger partial charge in [0.15, 0.2) is 0 Å².